The number of methoxy groups -OCH3 is 1. The molecule has 0 unspecified atom stereocenters. The van der Waals surface area contributed by atoms with Gasteiger partial charge in [-0.15, -0.1) is 0 Å². The van der Waals surface area contributed by atoms with Gasteiger partial charge in [-0.3, -0.25) is 4.90 Å². The number of ether oxygens (including phenoxy) is 1. The Bertz CT molecular complexity index is 1060. The molecule has 1 fully saturated rings. The van der Waals surface area contributed by atoms with E-state index in [4.69, 9.17) is 24.6 Å². The molecule has 0 atom stereocenters. The number of carbonyl (C=O) groups is 1. The lowest BCUT2D eigenvalue weighted by Gasteiger charge is -2.31. The van der Waals surface area contributed by atoms with Crippen molar-refractivity contribution in [1.29, 1.82) is 0 Å². The van der Waals surface area contributed by atoms with E-state index < -0.39 is 12.3 Å². The van der Waals surface area contributed by atoms with Gasteiger partial charge in [0.2, 0.25) is 5.58 Å². The lowest BCUT2D eigenvalue weighted by atomic mass is 9.91. The molecule has 0 bridgehead atoms. The van der Waals surface area contributed by atoms with Gasteiger partial charge in [0, 0.05) is 18.0 Å². The highest BCUT2D eigenvalue weighted by Crippen LogP contribution is 2.30. The summed E-state index contributed by atoms with van der Waals surface area (Å²) in [6.07, 6.45) is 4.43. The van der Waals surface area contributed by atoms with Crippen molar-refractivity contribution in [3.8, 4) is 5.75 Å². The monoisotopic (exact) mass is 484 g/mol. The predicted octanol–water partition coefficient (Wildman–Crippen LogP) is 4.26. The largest absolute Gasteiger partial charge is 0.493 e. The molecule has 4 rings (SSSR count). The molecule has 1 saturated heterocycles. The summed E-state index contributed by atoms with van der Waals surface area (Å²) in [7, 11) is 1.67. The SMILES string of the molecule is C.COc1cccc2c(CCC3CCN(Cc4ccccc4)CC3)noc12.O=C(O)/C=C/C(O)O. The molecule has 0 saturated carbocycles. The van der Waals surface area contributed by atoms with Gasteiger partial charge in [-0.2, -0.15) is 0 Å². The second-order valence-electron chi connectivity index (χ2n) is 8.32. The Kier molecular flexibility index (Phi) is 11.4. The van der Waals surface area contributed by atoms with Crippen molar-refractivity contribution in [2.24, 2.45) is 5.92 Å². The Hall–Kier alpha value is -3.20. The summed E-state index contributed by atoms with van der Waals surface area (Å²) >= 11 is 0. The lowest BCUT2D eigenvalue weighted by Crippen LogP contribution is -2.33. The third-order valence-corrected chi connectivity index (χ3v) is 5.91. The fraction of sp³-hybridized carbons (Fsp3) is 0.407. The fourth-order valence-corrected chi connectivity index (χ4v) is 4.11. The minimum Gasteiger partial charge on any atom is -0.493 e. The zero-order valence-electron chi connectivity index (χ0n) is 19.3. The van der Waals surface area contributed by atoms with Crippen LogP contribution < -0.4 is 4.74 Å². The van der Waals surface area contributed by atoms with Crippen LogP contribution in [0.3, 0.4) is 0 Å². The second kappa shape index (κ2) is 14.3. The molecule has 1 aromatic heterocycles. The van der Waals surface area contributed by atoms with Crippen LogP contribution in [0.2, 0.25) is 0 Å². The van der Waals surface area contributed by atoms with Crippen LogP contribution in [0.15, 0.2) is 65.2 Å². The van der Waals surface area contributed by atoms with Crippen molar-refractivity contribution in [2.75, 3.05) is 20.2 Å². The molecule has 190 valence electrons. The van der Waals surface area contributed by atoms with Gasteiger partial charge in [0.25, 0.3) is 0 Å². The highest BCUT2D eigenvalue weighted by atomic mass is 16.5. The van der Waals surface area contributed by atoms with Gasteiger partial charge in [-0.05, 0) is 68.5 Å². The molecule has 35 heavy (non-hydrogen) atoms. The minimum absolute atomic E-state index is 0. The number of hydrogen-bond acceptors (Lipinski definition) is 7. The van der Waals surface area contributed by atoms with Crippen molar-refractivity contribution in [3.63, 3.8) is 0 Å². The Morgan fingerprint density at radius 1 is 1.17 bits per heavy atom. The molecule has 0 amide bonds. The lowest BCUT2D eigenvalue weighted by molar-refractivity contribution is -0.131. The number of likely N-dealkylation sites (tertiary alicyclic amines) is 1. The average Bonchev–Trinajstić information content (AvgIpc) is 3.27. The number of rotatable bonds is 8. The number of hydrogen-bond donors (Lipinski definition) is 3. The summed E-state index contributed by atoms with van der Waals surface area (Å²) in [5.74, 6) is 0.341. The van der Waals surface area contributed by atoms with E-state index in [-0.39, 0.29) is 7.43 Å². The van der Waals surface area contributed by atoms with Gasteiger partial charge in [-0.25, -0.2) is 4.79 Å². The summed E-state index contributed by atoms with van der Waals surface area (Å²) in [5.41, 5.74) is 3.24. The number of piperidine rings is 1. The van der Waals surface area contributed by atoms with E-state index in [1.54, 1.807) is 7.11 Å². The van der Waals surface area contributed by atoms with Crippen LogP contribution in [0.4, 0.5) is 0 Å². The van der Waals surface area contributed by atoms with Crippen LogP contribution in [-0.2, 0) is 17.8 Å². The van der Waals surface area contributed by atoms with Gasteiger partial charge < -0.3 is 24.6 Å². The highest BCUT2D eigenvalue weighted by Gasteiger charge is 2.20. The number of para-hydroxylation sites is 1. The van der Waals surface area contributed by atoms with Gasteiger partial charge in [0.1, 0.15) is 0 Å². The first-order valence-corrected chi connectivity index (χ1v) is 11.4. The number of aliphatic carboxylic acids is 1. The molecule has 8 heteroatoms. The molecule has 2 aromatic carbocycles. The van der Waals surface area contributed by atoms with Crippen LogP contribution in [0.1, 0.15) is 37.9 Å². The van der Waals surface area contributed by atoms with Gasteiger partial charge in [0.05, 0.1) is 12.8 Å². The zero-order valence-corrected chi connectivity index (χ0v) is 19.3. The van der Waals surface area contributed by atoms with E-state index in [1.807, 2.05) is 12.1 Å². The molecule has 0 aliphatic carbocycles. The molecule has 0 radical (unpaired) electrons. The Labute approximate surface area is 206 Å². The highest BCUT2D eigenvalue weighted by molar-refractivity contribution is 5.84. The zero-order chi connectivity index (χ0) is 24.3. The standard InChI is InChI=1S/C22H26N2O2.C4H6O4.CH4/c1-25-21-9-5-8-19-20(23-26-22(19)21)11-10-17-12-14-24(15-13-17)16-18-6-3-2-4-7-18;5-3(6)1-2-4(7)8;/h2-9,17H,10-16H2,1H3;1-3,5-6H,(H,7,8);1H4/b;2-1+;. The quantitative estimate of drug-likeness (QED) is 0.321. The number of benzene rings is 2. The van der Waals surface area contributed by atoms with Crippen molar-refractivity contribution >= 4 is 16.9 Å². The summed E-state index contributed by atoms with van der Waals surface area (Å²) in [5, 5.41) is 29.2. The number of carboxylic acid groups (broad SMARTS) is 1. The Morgan fingerprint density at radius 3 is 2.49 bits per heavy atom. The van der Waals surface area contributed by atoms with E-state index in [0.29, 0.717) is 6.08 Å². The van der Waals surface area contributed by atoms with Gasteiger partial charge in [-0.1, -0.05) is 49.0 Å². The first kappa shape index (κ1) is 28.0. The molecule has 3 aromatic rings. The van der Waals surface area contributed by atoms with E-state index in [9.17, 15) is 4.79 Å². The number of aromatic nitrogens is 1. The third-order valence-electron chi connectivity index (χ3n) is 5.91. The number of nitrogens with zero attached hydrogens (tertiary/aromatic N) is 2. The first-order valence-electron chi connectivity index (χ1n) is 11.4. The molecular weight excluding hydrogens is 448 g/mol. The molecule has 0 spiro atoms. The first-order chi connectivity index (χ1) is 16.5. The third kappa shape index (κ3) is 8.83. The minimum atomic E-state index is -1.67. The maximum Gasteiger partial charge on any atom is 0.328 e. The Balaban J connectivity index is 0.000000418. The smallest absolute Gasteiger partial charge is 0.328 e. The fourth-order valence-electron chi connectivity index (χ4n) is 4.11. The summed E-state index contributed by atoms with van der Waals surface area (Å²) in [6.45, 7) is 3.45. The van der Waals surface area contributed by atoms with Crippen LogP contribution >= 0.6 is 0 Å². The van der Waals surface area contributed by atoms with E-state index in [2.05, 4.69) is 46.5 Å². The molecule has 3 N–H and O–H groups in total. The summed E-state index contributed by atoms with van der Waals surface area (Å²) in [6, 6.07) is 16.8. The number of aliphatic hydroxyl groups excluding tert-OH is 1. The maximum atomic E-state index is 9.59. The van der Waals surface area contributed by atoms with E-state index >= 15 is 0 Å². The molecule has 2 heterocycles. The van der Waals surface area contributed by atoms with Crippen molar-refractivity contribution in [2.45, 2.75) is 45.9 Å². The van der Waals surface area contributed by atoms with Gasteiger partial charge >= 0.3 is 5.97 Å². The van der Waals surface area contributed by atoms with E-state index in [0.717, 1.165) is 47.4 Å². The maximum absolute atomic E-state index is 9.59. The number of aryl methyl sites for hydroxylation is 1. The average molecular weight is 485 g/mol. The van der Waals surface area contributed by atoms with Crippen LogP contribution in [-0.4, -0.2) is 57.8 Å². The summed E-state index contributed by atoms with van der Waals surface area (Å²) < 4.78 is 10.9. The summed E-state index contributed by atoms with van der Waals surface area (Å²) in [4.78, 5) is 12.2. The Morgan fingerprint density at radius 2 is 1.89 bits per heavy atom. The van der Waals surface area contributed by atoms with Crippen LogP contribution in [0.5, 0.6) is 5.75 Å². The molecule has 8 nitrogen and oxygen atoms in total. The molecule has 1 aliphatic heterocycles. The van der Waals surface area contributed by atoms with E-state index in [1.165, 1.54) is 37.9 Å². The van der Waals surface area contributed by atoms with Crippen LogP contribution in [0, 0.1) is 5.92 Å². The number of carboxylic acids is 1. The number of aliphatic hydroxyl groups is 2. The predicted molar refractivity (Wildman–Crippen MR) is 135 cm³/mol. The molecular formula is C27H36N2O6. The normalized spacial score (nSPS) is 14.5. The molecule has 1 aliphatic rings. The van der Waals surface area contributed by atoms with Crippen molar-refractivity contribution in [3.05, 3.63) is 71.9 Å². The van der Waals surface area contributed by atoms with Gasteiger partial charge in [0.15, 0.2) is 12.0 Å². The van der Waals surface area contributed by atoms with Crippen molar-refractivity contribution < 1.29 is 29.4 Å². The van der Waals surface area contributed by atoms with Crippen LogP contribution in [0.25, 0.3) is 11.0 Å². The topological polar surface area (TPSA) is 116 Å². The second-order valence-corrected chi connectivity index (χ2v) is 8.32. The van der Waals surface area contributed by atoms with Crippen molar-refractivity contribution in [1.82, 2.24) is 10.1 Å². The number of fused-ring (bicyclic) bond motifs is 1.